The second kappa shape index (κ2) is 6.23. The molecule has 1 aromatic carbocycles. The Kier molecular flexibility index (Phi) is 3.93. The lowest BCUT2D eigenvalue weighted by molar-refractivity contribution is -0.163. The van der Waals surface area contributed by atoms with Gasteiger partial charge in [-0.05, 0) is 12.1 Å². The number of imidazole rings is 1. The summed E-state index contributed by atoms with van der Waals surface area (Å²) in [7, 11) is 0. The van der Waals surface area contributed by atoms with Crippen LogP contribution in [0.1, 0.15) is 6.04 Å². The Bertz CT molecular complexity index is 693. The molecule has 3 heterocycles. The van der Waals surface area contributed by atoms with Gasteiger partial charge < -0.3 is 29.8 Å². The number of nitrogens with one attached hydrogen (secondary N) is 2. The van der Waals surface area contributed by atoms with Crippen LogP contribution in [0.4, 0.5) is 10.5 Å². The minimum atomic E-state index is -0.855. The molecule has 2 aliphatic heterocycles. The molecule has 0 radical (unpaired) electrons. The monoisotopic (exact) mass is 330 g/mol. The Labute approximate surface area is 138 Å². The summed E-state index contributed by atoms with van der Waals surface area (Å²) in [4.78, 5) is 16.2. The Morgan fingerprint density at radius 2 is 2.17 bits per heavy atom. The second-order valence-corrected chi connectivity index (χ2v) is 5.86. The van der Waals surface area contributed by atoms with Crippen LogP contribution in [0.25, 0.3) is 0 Å². The van der Waals surface area contributed by atoms with Crippen LogP contribution in [0.5, 0.6) is 0 Å². The first-order chi connectivity index (χ1) is 11.7. The van der Waals surface area contributed by atoms with Crippen LogP contribution >= 0.6 is 0 Å². The third kappa shape index (κ3) is 2.75. The van der Waals surface area contributed by atoms with E-state index in [9.17, 15) is 9.90 Å². The SMILES string of the molecule is O=C(Nc1ccccc1)N[C@H]1[C@H](O)[C@@H](n2ccnc2)[C@@H]2OC[C@H]1O2. The van der Waals surface area contributed by atoms with Crippen LogP contribution < -0.4 is 10.6 Å². The van der Waals surface area contributed by atoms with Crippen LogP contribution in [-0.4, -0.2) is 51.8 Å². The molecular formula is C16H18N4O4. The number of fused-ring (bicyclic) bond motifs is 2. The van der Waals surface area contributed by atoms with Gasteiger partial charge in [-0.25, -0.2) is 9.78 Å². The van der Waals surface area contributed by atoms with E-state index in [1.165, 1.54) is 0 Å². The molecule has 8 nitrogen and oxygen atoms in total. The minimum absolute atomic E-state index is 0.323. The molecule has 2 saturated heterocycles. The number of aromatic nitrogens is 2. The highest BCUT2D eigenvalue weighted by molar-refractivity contribution is 5.89. The molecular weight excluding hydrogens is 312 g/mol. The number of ether oxygens (including phenoxy) is 2. The number of carbonyl (C=O) groups is 1. The number of para-hydroxylation sites is 1. The number of urea groups is 1. The van der Waals surface area contributed by atoms with Gasteiger partial charge in [-0.2, -0.15) is 0 Å². The summed E-state index contributed by atoms with van der Waals surface area (Å²) in [6, 6.07) is 7.66. The summed E-state index contributed by atoms with van der Waals surface area (Å²) >= 11 is 0. The van der Waals surface area contributed by atoms with Crippen LogP contribution in [0, 0.1) is 0 Å². The number of hydrogen-bond acceptors (Lipinski definition) is 5. The molecule has 0 unspecified atom stereocenters. The molecule has 0 saturated carbocycles. The average molecular weight is 330 g/mol. The standard InChI is InChI=1S/C16H18N4O4/c21-14-12(19-16(22)18-10-4-2-1-3-5-10)11-8-23-15(24-11)13(14)20-7-6-17-9-20/h1-7,9,11-15,21H,8H2,(H2,18,19,22)/t11-,12-,13-,14+,15-/m1/s1. The molecule has 5 atom stereocenters. The largest absolute Gasteiger partial charge is 0.388 e. The van der Waals surface area contributed by atoms with Crippen molar-refractivity contribution in [2.75, 3.05) is 11.9 Å². The van der Waals surface area contributed by atoms with E-state index in [1.54, 1.807) is 35.4 Å². The zero-order valence-electron chi connectivity index (χ0n) is 12.8. The highest BCUT2D eigenvalue weighted by atomic mass is 16.7. The normalized spacial score (nSPS) is 31.6. The van der Waals surface area contributed by atoms with Gasteiger partial charge in [0.2, 0.25) is 0 Å². The number of carbonyl (C=O) groups excluding carboxylic acids is 1. The lowest BCUT2D eigenvalue weighted by Crippen LogP contribution is -2.59. The Hall–Kier alpha value is -2.42. The van der Waals surface area contributed by atoms with Gasteiger partial charge in [-0.1, -0.05) is 18.2 Å². The lowest BCUT2D eigenvalue weighted by Gasteiger charge is -2.38. The van der Waals surface area contributed by atoms with Crippen LogP contribution in [0.2, 0.25) is 0 Å². The predicted octanol–water partition coefficient (Wildman–Crippen LogP) is 0.730. The molecule has 2 amide bonds. The first-order valence-electron chi connectivity index (χ1n) is 7.77. The highest BCUT2D eigenvalue weighted by Gasteiger charge is 2.51. The number of amides is 2. The van der Waals surface area contributed by atoms with E-state index >= 15 is 0 Å². The summed E-state index contributed by atoms with van der Waals surface area (Å²) < 4.78 is 13.1. The number of aliphatic hydroxyl groups excluding tert-OH is 1. The number of anilines is 1. The van der Waals surface area contributed by atoms with Crippen LogP contribution in [-0.2, 0) is 9.47 Å². The van der Waals surface area contributed by atoms with E-state index in [2.05, 4.69) is 15.6 Å². The predicted molar refractivity (Wildman–Crippen MR) is 84.3 cm³/mol. The zero-order valence-corrected chi connectivity index (χ0v) is 12.8. The van der Waals surface area contributed by atoms with Gasteiger partial charge >= 0.3 is 6.03 Å². The Balaban J connectivity index is 1.48. The van der Waals surface area contributed by atoms with Gasteiger partial charge in [0, 0.05) is 18.1 Å². The molecule has 3 N–H and O–H groups in total. The van der Waals surface area contributed by atoms with Crippen molar-refractivity contribution in [3.63, 3.8) is 0 Å². The molecule has 126 valence electrons. The van der Waals surface area contributed by atoms with E-state index in [1.807, 2.05) is 18.2 Å². The molecule has 0 spiro atoms. The van der Waals surface area contributed by atoms with E-state index < -0.39 is 30.5 Å². The van der Waals surface area contributed by atoms with Gasteiger partial charge in [-0.15, -0.1) is 0 Å². The zero-order chi connectivity index (χ0) is 16.5. The maximum absolute atomic E-state index is 12.2. The van der Waals surface area contributed by atoms with Crippen molar-refractivity contribution >= 4 is 11.7 Å². The number of hydrogen-bond donors (Lipinski definition) is 3. The van der Waals surface area contributed by atoms with Crippen LogP contribution in [0.15, 0.2) is 49.1 Å². The van der Waals surface area contributed by atoms with E-state index in [0.717, 1.165) is 0 Å². The van der Waals surface area contributed by atoms with Gasteiger partial charge in [0.1, 0.15) is 18.2 Å². The van der Waals surface area contributed by atoms with Crippen molar-refractivity contribution in [1.82, 2.24) is 14.9 Å². The molecule has 2 fully saturated rings. The van der Waals surface area contributed by atoms with E-state index in [-0.39, 0.29) is 6.10 Å². The first-order valence-corrected chi connectivity index (χ1v) is 7.77. The Morgan fingerprint density at radius 3 is 2.92 bits per heavy atom. The number of rotatable bonds is 3. The number of benzene rings is 1. The fourth-order valence-corrected chi connectivity index (χ4v) is 3.18. The summed E-state index contributed by atoms with van der Waals surface area (Å²) in [5.41, 5.74) is 0.674. The quantitative estimate of drug-likeness (QED) is 0.771. The van der Waals surface area contributed by atoms with E-state index in [4.69, 9.17) is 9.47 Å². The minimum Gasteiger partial charge on any atom is -0.388 e. The molecule has 0 aliphatic carbocycles. The molecule has 8 heteroatoms. The molecule has 4 rings (SSSR count). The van der Waals surface area contributed by atoms with E-state index in [0.29, 0.717) is 12.3 Å². The summed E-state index contributed by atoms with van der Waals surface area (Å²) in [5.74, 6) is 0. The summed E-state index contributed by atoms with van der Waals surface area (Å²) in [6.45, 7) is 0.323. The first kappa shape index (κ1) is 15.1. The van der Waals surface area contributed by atoms with Crippen molar-refractivity contribution < 1.29 is 19.4 Å². The average Bonchev–Trinajstić information content (AvgIpc) is 3.24. The maximum atomic E-state index is 12.2. The molecule has 24 heavy (non-hydrogen) atoms. The van der Waals surface area contributed by atoms with Crippen molar-refractivity contribution in [2.45, 2.75) is 30.6 Å². The van der Waals surface area contributed by atoms with Gasteiger partial charge in [0.05, 0.1) is 19.0 Å². The van der Waals surface area contributed by atoms with Crippen molar-refractivity contribution in [2.24, 2.45) is 0 Å². The highest BCUT2D eigenvalue weighted by Crippen LogP contribution is 2.35. The fourth-order valence-electron chi connectivity index (χ4n) is 3.18. The van der Waals surface area contributed by atoms with Crippen molar-refractivity contribution in [1.29, 1.82) is 0 Å². The maximum Gasteiger partial charge on any atom is 0.319 e. The fraction of sp³-hybridized carbons (Fsp3) is 0.375. The van der Waals surface area contributed by atoms with Gasteiger partial charge in [0.15, 0.2) is 6.29 Å². The molecule has 1 aromatic heterocycles. The molecule has 2 aromatic rings. The van der Waals surface area contributed by atoms with Crippen molar-refractivity contribution in [3.05, 3.63) is 49.1 Å². The number of aliphatic hydroxyl groups is 1. The second-order valence-electron chi connectivity index (χ2n) is 5.86. The van der Waals surface area contributed by atoms with Gasteiger partial charge in [-0.3, -0.25) is 0 Å². The summed E-state index contributed by atoms with van der Waals surface area (Å²) in [5, 5.41) is 16.3. The summed E-state index contributed by atoms with van der Waals surface area (Å²) in [6.07, 6.45) is 3.17. The lowest BCUT2D eigenvalue weighted by atomic mass is 9.96. The molecule has 2 aliphatic rings. The van der Waals surface area contributed by atoms with Gasteiger partial charge in [0.25, 0.3) is 0 Å². The molecule has 2 bridgehead atoms. The third-order valence-electron chi connectivity index (χ3n) is 4.33. The number of nitrogens with zero attached hydrogens (tertiary/aromatic N) is 2. The topological polar surface area (TPSA) is 97.6 Å². The smallest absolute Gasteiger partial charge is 0.319 e. The third-order valence-corrected chi connectivity index (χ3v) is 4.33. The Morgan fingerprint density at radius 1 is 1.33 bits per heavy atom. The van der Waals surface area contributed by atoms with Crippen LogP contribution in [0.3, 0.4) is 0 Å². The van der Waals surface area contributed by atoms with Crippen molar-refractivity contribution in [3.8, 4) is 0 Å².